The highest BCUT2D eigenvalue weighted by atomic mass is 35.5. The molecule has 1 aliphatic heterocycles. The lowest BCUT2D eigenvalue weighted by molar-refractivity contribution is 0.189. The van der Waals surface area contributed by atoms with Gasteiger partial charge in [0.2, 0.25) is 0 Å². The van der Waals surface area contributed by atoms with Crippen LogP contribution in [0.2, 0.25) is 5.02 Å². The van der Waals surface area contributed by atoms with Gasteiger partial charge in [0.05, 0.1) is 6.04 Å². The van der Waals surface area contributed by atoms with E-state index in [9.17, 15) is 4.79 Å². The number of hydrogen-bond acceptors (Lipinski definition) is 2. The number of piperazine rings is 1. The predicted molar refractivity (Wildman–Crippen MR) is 92.8 cm³/mol. The van der Waals surface area contributed by atoms with Crippen LogP contribution in [0.15, 0.2) is 18.2 Å². The number of halogens is 2. The van der Waals surface area contributed by atoms with Gasteiger partial charge in [0, 0.05) is 36.8 Å². The molecule has 1 aliphatic rings. The zero-order valence-electron chi connectivity index (χ0n) is 12.8. The summed E-state index contributed by atoms with van der Waals surface area (Å²) in [6.07, 6.45) is 0. The lowest BCUT2D eigenvalue weighted by atomic mass is 10.1. The lowest BCUT2D eigenvalue weighted by Crippen LogP contribution is -2.51. The van der Waals surface area contributed by atoms with E-state index in [0.29, 0.717) is 5.02 Å². The molecule has 2 amide bonds. The van der Waals surface area contributed by atoms with Gasteiger partial charge >= 0.3 is 6.03 Å². The average Bonchev–Trinajstić information content (AvgIpc) is 2.49. The third kappa shape index (κ3) is 5.42. The summed E-state index contributed by atoms with van der Waals surface area (Å²) in [6.45, 7) is 6.99. The summed E-state index contributed by atoms with van der Waals surface area (Å²) in [5, 5.41) is 6.82. The number of aryl methyl sites for hydroxylation is 1. The third-order valence-corrected chi connectivity index (χ3v) is 3.76. The van der Waals surface area contributed by atoms with Crippen LogP contribution in [-0.2, 0) is 0 Å². The van der Waals surface area contributed by atoms with Crippen molar-refractivity contribution in [3.63, 3.8) is 0 Å². The van der Waals surface area contributed by atoms with Gasteiger partial charge in [-0.2, -0.15) is 0 Å². The summed E-state index contributed by atoms with van der Waals surface area (Å²) >= 11 is 6.06. The molecule has 1 atom stereocenters. The Morgan fingerprint density at radius 3 is 2.73 bits per heavy atom. The number of nitrogens with zero attached hydrogens (tertiary/aromatic N) is 1. The fraction of sp³-hybridized carbons (Fsp3) is 0.438. The zero-order chi connectivity index (χ0) is 15.2. The molecule has 1 heterocycles. The van der Waals surface area contributed by atoms with E-state index >= 15 is 0 Å². The fourth-order valence-electron chi connectivity index (χ4n) is 2.04. The highest BCUT2D eigenvalue weighted by Crippen LogP contribution is 2.15. The number of hydrogen-bond donors (Lipinski definition) is 2. The summed E-state index contributed by atoms with van der Waals surface area (Å²) in [5.74, 6) is 6.07. The normalized spacial score (nSPS) is 15.1. The Morgan fingerprint density at radius 2 is 2.09 bits per heavy atom. The van der Waals surface area contributed by atoms with E-state index in [1.54, 1.807) is 4.90 Å². The first kappa shape index (κ1) is 18.6. The van der Waals surface area contributed by atoms with E-state index in [0.717, 1.165) is 37.3 Å². The molecular weight excluding hydrogens is 321 g/mol. The third-order valence-electron chi connectivity index (χ3n) is 3.35. The number of nitrogens with one attached hydrogen (secondary N) is 2. The minimum absolute atomic E-state index is 0. The number of amides is 2. The standard InChI is InChI=1S/C16H20ClN3O.ClH/c1-12-3-5-14(11-15(12)17)6-4-13(2)19-16(21)20-9-7-18-8-10-20;/h3,5,11,13,18H,7-10H2,1-2H3,(H,19,21);1H. The van der Waals surface area contributed by atoms with E-state index < -0.39 is 0 Å². The number of urea groups is 1. The highest BCUT2D eigenvalue weighted by Gasteiger charge is 2.16. The first-order valence-corrected chi connectivity index (χ1v) is 7.48. The molecule has 1 fully saturated rings. The summed E-state index contributed by atoms with van der Waals surface area (Å²) in [5.41, 5.74) is 1.89. The second-order valence-corrected chi connectivity index (χ2v) is 5.55. The number of rotatable bonds is 1. The van der Waals surface area contributed by atoms with Crippen molar-refractivity contribution in [1.82, 2.24) is 15.5 Å². The second kappa shape index (κ2) is 8.89. The van der Waals surface area contributed by atoms with Crippen molar-refractivity contribution in [2.45, 2.75) is 19.9 Å². The van der Waals surface area contributed by atoms with E-state index in [1.807, 2.05) is 32.0 Å². The summed E-state index contributed by atoms with van der Waals surface area (Å²) in [7, 11) is 0. The van der Waals surface area contributed by atoms with Gasteiger partial charge in [-0.25, -0.2) is 4.79 Å². The summed E-state index contributed by atoms with van der Waals surface area (Å²) in [6, 6.07) is 5.46. The Balaban J connectivity index is 0.00000242. The van der Waals surface area contributed by atoms with Gasteiger partial charge in [0.25, 0.3) is 0 Å². The Bertz CT molecular complexity index is 574. The molecule has 120 valence electrons. The van der Waals surface area contributed by atoms with Gasteiger partial charge in [0.1, 0.15) is 0 Å². The molecule has 0 bridgehead atoms. The summed E-state index contributed by atoms with van der Waals surface area (Å²) < 4.78 is 0. The Labute approximate surface area is 143 Å². The molecular formula is C16H21Cl2N3O. The van der Waals surface area contributed by atoms with Crippen molar-refractivity contribution >= 4 is 30.0 Å². The van der Waals surface area contributed by atoms with E-state index in [2.05, 4.69) is 22.5 Å². The lowest BCUT2D eigenvalue weighted by Gasteiger charge is -2.28. The smallest absolute Gasteiger partial charge is 0.318 e. The average molecular weight is 342 g/mol. The predicted octanol–water partition coefficient (Wildman–Crippen LogP) is 2.43. The topological polar surface area (TPSA) is 44.4 Å². The van der Waals surface area contributed by atoms with Gasteiger partial charge in [-0.3, -0.25) is 0 Å². The quantitative estimate of drug-likeness (QED) is 0.770. The molecule has 2 rings (SSSR count). The van der Waals surface area contributed by atoms with Crippen molar-refractivity contribution in [3.05, 3.63) is 34.3 Å². The van der Waals surface area contributed by atoms with Crippen LogP contribution in [0.25, 0.3) is 0 Å². The van der Waals surface area contributed by atoms with Crippen molar-refractivity contribution in [2.24, 2.45) is 0 Å². The number of carbonyl (C=O) groups is 1. The van der Waals surface area contributed by atoms with Crippen LogP contribution >= 0.6 is 24.0 Å². The monoisotopic (exact) mass is 341 g/mol. The molecule has 1 aromatic rings. The molecule has 0 aliphatic carbocycles. The molecule has 6 heteroatoms. The molecule has 4 nitrogen and oxygen atoms in total. The van der Waals surface area contributed by atoms with E-state index in [-0.39, 0.29) is 24.5 Å². The second-order valence-electron chi connectivity index (χ2n) is 5.14. The maximum absolute atomic E-state index is 12.0. The molecule has 0 saturated carbocycles. The Hall–Kier alpha value is -1.41. The molecule has 0 aromatic heterocycles. The van der Waals surface area contributed by atoms with Crippen LogP contribution in [0.4, 0.5) is 4.79 Å². The van der Waals surface area contributed by atoms with Gasteiger partial charge in [-0.15, -0.1) is 12.4 Å². The number of benzene rings is 1. The van der Waals surface area contributed by atoms with Crippen molar-refractivity contribution in [2.75, 3.05) is 26.2 Å². The van der Waals surface area contributed by atoms with Gasteiger partial charge in [0.15, 0.2) is 0 Å². The van der Waals surface area contributed by atoms with Crippen molar-refractivity contribution in [3.8, 4) is 11.8 Å². The van der Waals surface area contributed by atoms with Crippen LogP contribution in [0, 0.1) is 18.8 Å². The molecule has 0 spiro atoms. The molecule has 1 unspecified atom stereocenters. The molecule has 22 heavy (non-hydrogen) atoms. The zero-order valence-corrected chi connectivity index (χ0v) is 14.4. The SMILES string of the molecule is Cc1ccc(C#CC(C)NC(=O)N2CCNCC2)cc1Cl.Cl. The Kier molecular flexibility index (Phi) is 7.53. The van der Waals surface area contributed by atoms with Crippen LogP contribution in [0.5, 0.6) is 0 Å². The summed E-state index contributed by atoms with van der Waals surface area (Å²) in [4.78, 5) is 13.8. The van der Waals surface area contributed by atoms with Gasteiger partial charge in [-0.1, -0.05) is 29.5 Å². The first-order valence-electron chi connectivity index (χ1n) is 7.10. The number of carbonyl (C=O) groups excluding carboxylic acids is 1. The maximum Gasteiger partial charge on any atom is 0.318 e. The maximum atomic E-state index is 12.0. The minimum atomic E-state index is -0.201. The molecule has 2 N–H and O–H groups in total. The van der Waals surface area contributed by atoms with Crippen LogP contribution < -0.4 is 10.6 Å². The highest BCUT2D eigenvalue weighted by molar-refractivity contribution is 6.31. The van der Waals surface area contributed by atoms with Crippen LogP contribution in [-0.4, -0.2) is 43.2 Å². The van der Waals surface area contributed by atoms with E-state index in [1.165, 1.54) is 0 Å². The molecule has 1 aromatic carbocycles. The van der Waals surface area contributed by atoms with Gasteiger partial charge < -0.3 is 15.5 Å². The largest absolute Gasteiger partial charge is 0.325 e. The first-order chi connectivity index (χ1) is 10.1. The van der Waals surface area contributed by atoms with Crippen LogP contribution in [0.1, 0.15) is 18.1 Å². The molecule has 0 radical (unpaired) electrons. The van der Waals surface area contributed by atoms with Gasteiger partial charge in [-0.05, 0) is 31.5 Å². The van der Waals surface area contributed by atoms with E-state index in [4.69, 9.17) is 11.6 Å². The van der Waals surface area contributed by atoms with Crippen molar-refractivity contribution in [1.29, 1.82) is 0 Å². The van der Waals surface area contributed by atoms with Crippen LogP contribution in [0.3, 0.4) is 0 Å². The van der Waals surface area contributed by atoms with Crippen molar-refractivity contribution < 1.29 is 4.79 Å². The molecule has 1 saturated heterocycles. The minimum Gasteiger partial charge on any atom is -0.325 e. The Morgan fingerprint density at radius 1 is 1.41 bits per heavy atom. The fourth-order valence-corrected chi connectivity index (χ4v) is 2.22.